The summed E-state index contributed by atoms with van der Waals surface area (Å²) >= 11 is 6.01. The fourth-order valence-corrected chi connectivity index (χ4v) is 4.04. The van der Waals surface area contributed by atoms with E-state index >= 15 is 0 Å². The number of hydrogen-bond donors (Lipinski definition) is 2. The van der Waals surface area contributed by atoms with Crippen molar-refractivity contribution in [3.05, 3.63) is 35.0 Å². The summed E-state index contributed by atoms with van der Waals surface area (Å²) in [6.07, 6.45) is 2.67. The van der Waals surface area contributed by atoms with Crippen molar-refractivity contribution in [2.75, 3.05) is 19.7 Å². The fraction of sp³-hybridized carbons (Fsp3) is 0.500. The standard InChI is InChI=1S/C18H21ClN2O3/c19-13-1-2-15-12(9-13)10-16(20-15)17(23)21-6-4-18(5-7-21)11-14(22)3-8-24-18/h1-2,9-10,14,20,22H,3-8,11H2. The molecule has 0 bridgehead atoms. The highest BCUT2D eigenvalue weighted by Gasteiger charge is 2.40. The van der Waals surface area contributed by atoms with E-state index in [2.05, 4.69) is 4.98 Å². The summed E-state index contributed by atoms with van der Waals surface area (Å²) in [6, 6.07) is 7.41. The lowest BCUT2D eigenvalue weighted by molar-refractivity contribution is -0.139. The minimum absolute atomic E-state index is 0.00790. The van der Waals surface area contributed by atoms with Crippen LogP contribution in [0.4, 0.5) is 0 Å². The predicted octanol–water partition coefficient (Wildman–Crippen LogP) is 2.97. The van der Waals surface area contributed by atoms with Gasteiger partial charge >= 0.3 is 0 Å². The highest BCUT2D eigenvalue weighted by Crippen LogP contribution is 2.35. The van der Waals surface area contributed by atoms with Crippen molar-refractivity contribution >= 4 is 28.4 Å². The van der Waals surface area contributed by atoms with Gasteiger partial charge in [-0.15, -0.1) is 0 Å². The van der Waals surface area contributed by atoms with Gasteiger partial charge in [-0.25, -0.2) is 0 Å². The summed E-state index contributed by atoms with van der Waals surface area (Å²) in [5, 5.41) is 11.5. The van der Waals surface area contributed by atoms with Crippen LogP contribution in [0, 0.1) is 0 Å². The molecule has 128 valence electrons. The second kappa shape index (κ2) is 6.06. The molecule has 1 amide bonds. The van der Waals surface area contributed by atoms with Crippen molar-refractivity contribution in [2.24, 2.45) is 0 Å². The van der Waals surface area contributed by atoms with E-state index in [1.165, 1.54) is 0 Å². The number of nitrogens with zero attached hydrogens (tertiary/aromatic N) is 1. The number of aromatic amines is 1. The second-order valence-corrected chi connectivity index (χ2v) is 7.32. The molecule has 2 saturated heterocycles. The maximum atomic E-state index is 12.8. The van der Waals surface area contributed by atoms with Crippen LogP contribution in [0.25, 0.3) is 10.9 Å². The maximum Gasteiger partial charge on any atom is 0.270 e. The molecule has 2 aliphatic rings. The van der Waals surface area contributed by atoms with Crippen LogP contribution >= 0.6 is 11.6 Å². The molecule has 1 atom stereocenters. The molecule has 2 aromatic rings. The van der Waals surface area contributed by atoms with Gasteiger partial charge in [0.1, 0.15) is 5.69 Å². The smallest absolute Gasteiger partial charge is 0.270 e. The number of carbonyl (C=O) groups is 1. The number of likely N-dealkylation sites (tertiary alicyclic amines) is 1. The summed E-state index contributed by atoms with van der Waals surface area (Å²) in [5.41, 5.74) is 1.25. The number of aromatic nitrogens is 1. The first-order valence-electron chi connectivity index (χ1n) is 8.44. The van der Waals surface area contributed by atoms with Crippen LogP contribution in [0.1, 0.15) is 36.2 Å². The summed E-state index contributed by atoms with van der Waals surface area (Å²) in [6.45, 7) is 1.92. The Kier molecular flexibility index (Phi) is 4.03. The molecule has 2 aliphatic heterocycles. The van der Waals surface area contributed by atoms with Crippen molar-refractivity contribution in [1.82, 2.24) is 9.88 Å². The van der Waals surface area contributed by atoms with Crippen LogP contribution in [-0.4, -0.2) is 52.3 Å². The van der Waals surface area contributed by atoms with Crippen LogP contribution in [-0.2, 0) is 4.74 Å². The van der Waals surface area contributed by atoms with Gasteiger partial charge in [-0.3, -0.25) is 4.79 Å². The number of aliphatic hydroxyl groups excluding tert-OH is 1. The van der Waals surface area contributed by atoms with Crippen LogP contribution in [0.15, 0.2) is 24.3 Å². The minimum atomic E-state index is -0.278. The number of H-pyrrole nitrogens is 1. The average molecular weight is 349 g/mol. The molecule has 0 radical (unpaired) electrons. The van der Waals surface area contributed by atoms with E-state index in [1.54, 1.807) is 0 Å². The van der Waals surface area contributed by atoms with Gasteiger partial charge in [-0.1, -0.05) is 11.6 Å². The first-order chi connectivity index (χ1) is 11.5. The lowest BCUT2D eigenvalue weighted by atomic mass is 9.83. The molecule has 1 aromatic heterocycles. The number of fused-ring (bicyclic) bond motifs is 1. The number of rotatable bonds is 1. The monoisotopic (exact) mass is 348 g/mol. The summed E-state index contributed by atoms with van der Waals surface area (Å²) in [4.78, 5) is 17.8. The van der Waals surface area contributed by atoms with Gasteiger partial charge in [0.15, 0.2) is 0 Å². The van der Waals surface area contributed by atoms with Gasteiger partial charge in [0, 0.05) is 42.0 Å². The molecule has 1 spiro atoms. The van der Waals surface area contributed by atoms with Crippen molar-refractivity contribution in [3.8, 4) is 0 Å². The topological polar surface area (TPSA) is 65.6 Å². The molecule has 2 fully saturated rings. The van der Waals surface area contributed by atoms with Gasteiger partial charge in [0.2, 0.25) is 0 Å². The van der Waals surface area contributed by atoms with Crippen molar-refractivity contribution in [1.29, 1.82) is 0 Å². The lowest BCUT2D eigenvalue weighted by Gasteiger charge is -2.45. The molecule has 1 aromatic carbocycles. The van der Waals surface area contributed by atoms with E-state index in [0.29, 0.717) is 43.3 Å². The first-order valence-corrected chi connectivity index (χ1v) is 8.82. The van der Waals surface area contributed by atoms with Crippen molar-refractivity contribution in [2.45, 2.75) is 37.4 Å². The Labute approximate surface area is 145 Å². The third kappa shape index (κ3) is 2.92. The summed E-state index contributed by atoms with van der Waals surface area (Å²) < 4.78 is 5.95. The third-order valence-electron chi connectivity index (χ3n) is 5.24. The molecule has 24 heavy (non-hydrogen) atoms. The Morgan fingerprint density at radius 2 is 2.12 bits per heavy atom. The Morgan fingerprint density at radius 3 is 2.88 bits per heavy atom. The number of carbonyl (C=O) groups excluding carboxylic acids is 1. The van der Waals surface area contributed by atoms with Crippen LogP contribution < -0.4 is 0 Å². The van der Waals surface area contributed by atoms with E-state index in [9.17, 15) is 9.90 Å². The Hall–Kier alpha value is -1.56. The maximum absolute atomic E-state index is 12.8. The average Bonchev–Trinajstić information content (AvgIpc) is 2.98. The molecule has 4 rings (SSSR count). The number of piperidine rings is 1. The van der Waals surface area contributed by atoms with Crippen LogP contribution in [0.5, 0.6) is 0 Å². The quantitative estimate of drug-likeness (QED) is 0.832. The Morgan fingerprint density at radius 1 is 1.33 bits per heavy atom. The number of halogens is 1. The number of benzene rings is 1. The molecule has 1 unspecified atom stereocenters. The Bertz CT molecular complexity index is 765. The van der Waals surface area contributed by atoms with Gasteiger partial charge < -0.3 is 19.7 Å². The van der Waals surface area contributed by atoms with E-state index in [4.69, 9.17) is 16.3 Å². The second-order valence-electron chi connectivity index (χ2n) is 6.88. The zero-order valence-electron chi connectivity index (χ0n) is 13.4. The molecule has 5 nitrogen and oxygen atoms in total. The lowest BCUT2D eigenvalue weighted by Crippen LogP contribution is -2.51. The minimum Gasteiger partial charge on any atom is -0.393 e. The van der Waals surface area contributed by atoms with Gasteiger partial charge in [-0.05, 0) is 43.5 Å². The SMILES string of the molecule is O=C(c1cc2cc(Cl)ccc2[nH]1)N1CCC2(CC1)CC(O)CCO2. The Balaban J connectivity index is 1.47. The molecular formula is C18H21ClN2O3. The number of amides is 1. The predicted molar refractivity (Wildman–Crippen MR) is 92.4 cm³/mol. The van der Waals surface area contributed by atoms with Crippen LogP contribution in [0.2, 0.25) is 5.02 Å². The zero-order valence-corrected chi connectivity index (χ0v) is 14.2. The van der Waals surface area contributed by atoms with Gasteiger partial charge in [-0.2, -0.15) is 0 Å². The number of hydrogen-bond acceptors (Lipinski definition) is 3. The molecule has 0 aliphatic carbocycles. The van der Waals surface area contributed by atoms with Crippen LogP contribution in [0.3, 0.4) is 0 Å². The number of ether oxygens (including phenoxy) is 1. The molecular weight excluding hydrogens is 328 g/mol. The molecule has 2 N–H and O–H groups in total. The van der Waals surface area contributed by atoms with E-state index < -0.39 is 0 Å². The normalized spacial score (nSPS) is 23.8. The van der Waals surface area contributed by atoms with E-state index in [0.717, 1.165) is 23.7 Å². The zero-order chi connectivity index (χ0) is 16.7. The van der Waals surface area contributed by atoms with Gasteiger partial charge in [0.05, 0.1) is 11.7 Å². The molecule has 0 saturated carbocycles. The highest BCUT2D eigenvalue weighted by atomic mass is 35.5. The van der Waals surface area contributed by atoms with Gasteiger partial charge in [0.25, 0.3) is 5.91 Å². The van der Waals surface area contributed by atoms with Crippen molar-refractivity contribution < 1.29 is 14.6 Å². The van der Waals surface area contributed by atoms with Crippen molar-refractivity contribution in [3.63, 3.8) is 0 Å². The molecule has 3 heterocycles. The largest absolute Gasteiger partial charge is 0.393 e. The number of aliphatic hydroxyl groups is 1. The van der Waals surface area contributed by atoms with E-state index in [1.807, 2.05) is 29.2 Å². The summed E-state index contributed by atoms with van der Waals surface area (Å²) in [5.74, 6) is 0.00790. The number of nitrogens with one attached hydrogen (secondary N) is 1. The fourth-order valence-electron chi connectivity index (χ4n) is 3.86. The third-order valence-corrected chi connectivity index (χ3v) is 5.48. The first kappa shape index (κ1) is 15.9. The van der Waals surface area contributed by atoms with E-state index in [-0.39, 0.29) is 17.6 Å². The molecule has 6 heteroatoms. The highest BCUT2D eigenvalue weighted by molar-refractivity contribution is 6.31. The summed E-state index contributed by atoms with van der Waals surface area (Å²) in [7, 11) is 0.